The van der Waals surface area contributed by atoms with Gasteiger partial charge in [-0.2, -0.15) is 0 Å². The lowest BCUT2D eigenvalue weighted by Gasteiger charge is -2.35. The summed E-state index contributed by atoms with van der Waals surface area (Å²) in [4.78, 5) is 28.3. The van der Waals surface area contributed by atoms with Gasteiger partial charge >= 0.3 is 0 Å². The van der Waals surface area contributed by atoms with Crippen molar-refractivity contribution in [2.75, 3.05) is 33.2 Å². The number of hydrogen-bond acceptors (Lipinski definition) is 5. The van der Waals surface area contributed by atoms with Gasteiger partial charge in [0.25, 0.3) is 0 Å². The summed E-state index contributed by atoms with van der Waals surface area (Å²) in [6.45, 7) is 5.03. The molecule has 2 saturated heterocycles. The van der Waals surface area contributed by atoms with Crippen molar-refractivity contribution in [3.05, 3.63) is 35.6 Å². The number of hydrogen-bond donors (Lipinski definition) is 2. The van der Waals surface area contributed by atoms with Gasteiger partial charge in [-0.25, -0.2) is 15.2 Å². The molecule has 1 amide bonds. The third-order valence-corrected chi connectivity index (χ3v) is 5.86. The molecule has 3 unspecified atom stereocenters. The van der Waals surface area contributed by atoms with Crippen molar-refractivity contribution in [1.82, 2.24) is 20.7 Å². The lowest BCUT2D eigenvalue weighted by atomic mass is 9.96. The Bertz CT molecular complexity index is 699. The van der Waals surface area contributed by atoms with Gasteiger partial charge in [0, 0.05) is 26.7 Å². The van der Waals surface area contributed by atoms with Crippen molar-refractivity contribution in [3.63, 3.8) is 0 Å². The lowest BCUT2D eigenvalue weighted by Crippen LogP contribution is -2.47. The minimum Gasteiger partial charge on any atom is -0.344 e. The molecule has 0 bridgehead atoms. The average Bonchev–Trinajstić information content (AvgIpc) is 3.17. The van der Waals surface area contributed by atoms with Crippen LogP contribution in [-0.2, 0) is 16.0 Å². The molecule has 28 heavy (non-hydrogen) atoms. The zero-order valence-corrected chi connectivity index (χ0v) is 16.8. The third kappa shape index (κ3) is 5.37. The summed E-state index contributed by atoms with van der Waals surface area (Å²) in [5.41, 5.74) is 6.61. The van der Waals surface area contributed by atoms with Crippen LogP contribution in [0.25, 0.3) is 0 Å². The van der Waals surface area contributed by atoms with Crippen LogP contribution in [0.2, 0.25) is 0 Å². The largest absolute Gasteiger partial charge is 0.344 e. The first kappa shape index (κ1) is 20.9. The number of halogens is 1. The maximum atomic E-state index is 13.8. The predicted molar refractivity (Wildman–Crippen MR) is 106 cm³/mol. The molecule has 2 fully saturated rings. The molecular formula is C21H31FN4O2. The number of carbonyl (C=O) groups is 2. The van der Waals surface area contributed by atoms with E-state index in [4.69, 9.17) is 0 Å². The molecule has 3 atom stereocenters. The number of ketones is 1. The number of amides is 1. The Morgan fingerprint density at radius 2 is 2.00 bits per heavy atom. The molecule has 6 nitrogen and oxygen atoms in total. The first-order valence-corrected chi connectivity index (χ1v) is 10.2. The lowest BCUT2D eigenvalue weighted by molar-refractivity contribution is -0.132. The van der Waals surface area contributed by atoms with E-state index in [1.807, 2.05) is 19.2 Å². The Morgan fingerprint density at radius 1 is 1.25 bits per heavy atom. The molecule has 0 aliphatic carbocycles. The summed E-state index contributed by atoms with van der Waals surface area (Å²) >= 11 is 0. The SMILES string of the molecule is CC(=O)C1CC(C(=O)N(C)CC2CCCN(CCc3ccccc3F)C2)NN1. The number of hydrazine groups is 1. The summed E-state index contributed by atoms with van der Waals surface area (Å²) < 4.78 is 13.8. The monoisotopic (exact) mass is 390 g/mol. The van der Waals surface area contributed by atoms with E-state index in [0.29, 0.717) is 25.3 Å². The maximum absolute atomic E-state index is 13.8. The number of likely N-dealkylation sites (N-methyl/N-ethyl adjacent to an activating group) is 1. The van der Waals surface area contributed by atoms with Crippen molar-refractivity contribution in [2.24, 2.45) is 5.92 Å². The maximum Gasteiger partial charge on any atom is 0.240 e. The fourth-order valence-corrected chi connectivity index (χ4v) is 4.21. The van der Waals surface area contributed by atoms with Crippen LogP contribution in [0.5, 0.6) is 0 Å². The van der Waals surface area contributed by atoms with Crippen LogP contribution >= 0.6 is 0 Å². The second kappa shape index (κ2) is 9.58. The summed E-state index contributed by atoms with van der Waals surface area (Å²) in [5.74, 6) is 0.354. The molecule has 1 aromatic rings. The van der Waals surface area contributed by atoms with E-state index in [2.05, 4.69) is 15.8 Å². The van der Waals surface area contributed by atoms with Gasteiger partial charge in [0.2, 0.25) is 5.91 Å². The number of piperidine rings is 1. The number of likely N-dealkylation sites (tertiary alicyclic amines) is 1. The van der Waals surface area contributed by atoms with E-state index in [1.165, 1.54) is 13.0 Å². The molecule has 1 aromatic carbocycles. The zero-order valence-electron chi connectivity index (χ0n) is 16.8. The Morgan fingerprint density at radius 3 is 2.71 bits per heavy atom. The third-order valence-electron chi connectivity index (χ3n) is 5.86. The second-order valence-electron chi connectivity index (χ2n) is 8.11. The quantitative estimate of drug-likeness (QED) is 0.736. The predicted octanol–water partition coefficient (Wildman–Crippen LogP) is 1.36. The number of benzene rings is 1. The van der Waals surface area contributed by atoms with Crippen molar-refractivity contribution in [3.8, 4) is 0 Å². The highest BCUT2D eigenvalue weighted by molar-refractivity contribution is 5.86. The summed E-state index contributed by atoms with van der Waals surface area (Å²) in [6.07, 6.45) is 3.40. The van der Waals surface area contributed by atoms with E-state index in [9.17, 15) is 14.0 Å². The van der Waals surface area contributed by atoms with E-state index < -0.39 is 0 Å². The van der Waals surface area contributed by atoms with Gasteiger partial charge in [-0.05, 0) is 56.7 Å². The van der Waals surface area contributed by atoms with Crippen LogP contribution in [0, 0.1) is 11.7 Å². The van der Waals surface area contributed by atoms with Gasteiger partial charge in [0.05, 0.1) is 6.04 Å². The minimum atomic E-state index is -0.348. The fraction of sp³-hybridized carbons (Fsp3) is 0.619. The van der Waals surface area contributed by atoms with Gasteiger partial charge < -0.3 is 9.80 Å². The van der Waals surface area contributed by atoms with Crippen LogP contribution < -0.4 is 10.9 Å². The second-order valence-corrected chi connectivity index (χ2v) is 8.11. The minimum absolute atomic E-state index is 0.0275. The van der Waals surface area contributed by atoms with Crippen molar-refractivity contribution in [1.29, 1.82) is 0 Å². The molecule has 2 aliphatic heterocycles. The number of carbonyl (C=O) groups excluding carboxylic acids is 2. The number of Topliss-reactive ketones (excluding diaryl/α,β-unsaturated/α-hetero) is 1. The first-order chi connectivity index (χ1) is 13.4. The zero-order chi connectivity index (χ0) is 20.1. The average molecular weight is 391 g/mol. The van der Waals surface area contributed by atoms with Crippen molar-refractivity contribution in [2.45, 2.75) is 44.7 Å². The van der Waals surface area contributed by atoms with Crippen molar-refractivity contribution < 1.29 is 14.0 Å². The molecule has 0 spiro atoms. The van der Waals surface area contributed by atoms with Crippen LogP contribution in [0.4, 0.5) is 4.39 Å². The Balaban J connectivity index is 1.46. The van der Waals surface area contributed by atoms with Crippen LogP contribution in [-0.4, -0.2) is 66.8 Å². The normalized spacial score (nSPS) is 25.6. The Hall–Kier alpha value is -1.83. The molecule has 3 rings (SSSR count). The van der Waals surface area contributed by atoms with Gasteiger partial charge in [0.1, 0.15) is 17.6 Å². The summed E-state index contributed by atoms with van der Waals surface area (Å²) in [5, 5.41) is 0. The molecule has 0 saturated carbocycles. The standard InChI is InChI=1S/C21H31FN4O2/c1-15(27)19-12-20(24-23-19)21(28)25(2)13-16-6-5-10-26(14-16)11-9-17-7-3-4-8-18(17)22/h3-4,7-8,16,19-20,23-24H,5-6,9-14H2,1-2H3. The number of nitrogens with one attached hydrogen (secondary N) is 2. The highest BCUT2D eigenvalue weighted by Crippen LogP contribution is 2.19. The van der Waals surface area contributed by atoms with E-state index >= 15 is 0 Å². The van der Waals surface area contributed by atoms with Gasteiger partial charge in [-0.1, -0.05) is 18.2 Å². The van der Waals surface area contributed by atoms with Crippen LogP contribution in [0.3, 0.4) is 0 Å². The van der Waals surface area contributed by atoms with Crippen LogP contribution in [0.1, 0.15) is 31.7 Å². The highest BCUT2D eigenvalue weighted by Gasteiger charge is 2.34. The molecular weight excluding hydrogens is 359 g/mol. The fourth-order valence-electron chi connectivity index (χ4n) is 4.21. The van der Waals surface area contributed by atoms with Gasteiger partial charge in [-0.15, -0.1) is 0 Å². The highest BCUT2D eigenvalue weighted by atomic mass is 19.1. The van der Waals surface area contributed by atoms with Gasteiger partial charge in [-0.3, -0.25) is 9.59 Å². The molecule has 2 heterocycles. The Labute approximate surface area is 166 Å². The van der Waals surface area contributed by atoms with Crippen molar-refractivity contribution >= 4 is 11.7 Å². The smallest absolute Gasteiger partial charge is 0.240 e. The molecule has 0 aromatic heterocycles. The van der Waals surface area contributed by atoms with E-state index in [0.717, 1.165) is 38.0 Å². The van der Waals surface area contributed by atoms with Crippen LogP contribution in [0.15, 0.2) is 24.3 Å². The first-order valence-electron chi connectivity index (χ1n) is 10.2. The molecule has 0 radical (unpaired) electrons. The topological polar surface area (TPSA) is 64.7 Å². The summed E-state index contributed by atoms with van der Waals surface area (Å²) in [7, 11) is 1.84. The molecule has 7 heteroatoms. The number of nitrogens with zero attached hydrogens (tertiary/aromatic N) is 2. The van der Waals surface area contributed by atoms with E-state index in [1.54, 1.807) is 11.0 Å². The van der Waals surface area contributed by atoms with Gasteiger partial charge in [0.15, 0.2) is 0 Å². The molecule has 2 aliphatic rings. The molecule has 2 N–H and O–H groups in total. The molecule has 154 valence electrons. The number of rotatable bonds is 7. The Kier molecular flexibility index (Phi) is 7.15. The summed E-state index contributed by atoms with van der Waals surface area (Å²) in [6, 6.07) is 6.32. The van der Waals surface area contributed by atoms with E-state index in [-0.39, 0.29) is 29.6 Å².